The first-order valence-electron chi connectivity index (χ1n) is 6.14. The van der Waals surface area contributed by atoms with Crippen molar-refractivity contribution in [2.24, 2.45) is 11.1 Å². The fraction of sp³-hybridized carbons (Fsp3) is 0.917. The van der Waals surface area contributed by atoms with E-state index in [1.807, 2.05) is 0 Å². The third-order valence-electron chi connectivity index (χ3n) is 3.99. The fourth-order valence-electron chi connectivity index (χ4n) is 2.76. The summed E-state index contributed by atoms with van der Waals surface area (Å²) in [6.45, 7) is 4.86. The molecule has 0 radical (unpaired) electrons. The van der Waals surface area contributed by atoms with Gasteiger partial charge in [-0.05, 0) is 44.6 Å². The fourth-order valence-corrected chi connectivity index (χ4v) is 3.07. The molecule has 1 saturated heterocycles. The van der Waals surface area contributed by atoms with E-state index < -0.39 is 0 Å². The van der Waals surface area contributed by atoms with Crippen LogP contribution in [-0.4, -0.2) is 29.0 Å². The first kappa shape index (κ1) is 11.3. The normalized spacial score (nSPS) is 30.1. The van der Waals surface area contributed by atoms with E-state index in [1.54, 1.807) is 0 Å². The van der Waals surface area contributed by atoms with Crippen molar-refractivity contribution in [3.63, 3.8) is 0 Å². The molecule has 2 rings (SSSR count). The topological polar surface area (TPSA) is 29.3 Å². The summed E-state index contributed by atoms with van der Waals surface area (Å²) < 4.78 is 0. The monoisotopic (exact) mass is 226 g/mol. The maximum Gasteiger partial charge on any atom is 0.0733 e. The average molecular weight is 226 g/mol. The van der Waals surface area contributed by atoms with Crippen LogP contribution in [0, 0.1) is 5.41 Å². The molecule has 1 atom stereocenters. The van der Waals surface area contributed by atoms with Crippen LogP contribution < -0.4 is 5.73 Å². The second kappa shape index (κ2) is 4.38. The summed E-state index contributed by atoms with van der Waals surface area (Å²) in [6.07, 6.45) is 7.75. The predicted molar refractivity (Wildman–Crippen MR) is 68.0 cm³/mol. The highest BCUT2D eigenvalue weighted by Crippen LogP contribution is 2.49. The quantitative estimate of drug-likeness (QED) is 0.746. The summed E-state index contributed by atoms with van der Waals surface area (Å²) in [5.41, 5.74) is 6.14. The molecule has 2 aliphatic rings. The number of nitrogens with zero attached hydrogens (tertiary/aromatic N) is 1. The molecule has 2 nitrogen and oxygen atoms in total. The third kappa shape index (κ3) is 2.91. The van der Waals surface area contributed by atoms with Gasteiger partial charge in [0.25, 0.3) is 0 Å². The third-order valence-corrected chi connectivity index (χ3v) is 4.13. The summed E-state index contributed by atoms with van der Waals surface area (Å²) in [4.78, 5) is 3.35. The molecule has 0 aromatic heterocycles. The van der Waals surface area contributed by atoms with Crippen molar-refractivity contribution in [2.45, 2.75) is 51.5 Å². The van der Waals surface area contributed by atoms with Gasteiger partial charge in [-0.15, -0.1) is 0 Å². The lowest BCUT2D eigenvalue weighted by atomic mass is 9.97. The van der Waals surface area contributed by atoms with Gasteiger partial charge in [-0.3, -0.25) is 0 Å². The van der Waals surface area contributed by atoms with E-state index in [2.05, 4.69) is 11.8 Å². The minimum absolute atomic E-state index is 0.470. The molecule has 1 unspecified atom stereocenters. The Hall–Kier alpha value is -0.150. The van der Waals surface area contributed by atoms with Crippen molar-refractivity contribution in [3.05, 3.63) is 0 Å². The Morgan fingerprint density at radius 1 is 1.47 bits per heavy atom. The van der Waals surface area contributed by atoms with E-state index in [0.717, 1.165) is 12.5 Å². The van der Waals surface area contributed by atoms with Gasteiger partial charge in [0.15, 0.2) is 0 Å². The molecule has 2 fully saturated rings. The molecule has 1 heterocycles. The second-order valence-corrected chi connectivity index (χ2v) is 5.98. The van der Waals surface area contributed by atoms with Gasteiger partial charge in [0, 0.05) is 19.0 Å². The zero-order valence-corrected chi connectivity index (χ0v) is 10.5. The molecule has 3 heteroatoms. The van der Waals surface area contributed by atoms with Gasteiger partial charge in [-0.2, -0.15) is 0 Å². The summed E-state index contributed by atoms with van der Waals surface area (Å²) in [6, 6.07) is 0.766. The lowest BCUT2D eigenvalue weighted by molar-refractivity contribution is 0.131. The molecule has 2 N–H and O–H groups in total. The van der Waals surface area contributed by atoms with Crippen molar-refractivity contribution in [3.8, 4) is 0 Å². The van der Waals surface area contributed by atoms with E-state index >= 15 is 0 Å². The van der Waals surface area contributed by atoms with Gasteiger partial charge in [0.1, 0.15) is 0 Å². The molecular weight excluding hydrogens is 204 g/mol. The Labute approximate surface area is 98.2 Å². The maximum atomic E-state index is 5.67. The molecule has 0 bridgehead atoms. The molecule has 0 amide bonds. The van der Waals surface area contributed by atoms with Crippen LogP contribution in [-0.2, 0) is 0 Å². The molecule has 0 aromatic carbocycles. The first-order chi connectivity index (χ1) is 7.11. The minimum atomic E-state index is 0.470. The number of hydrogen-bond donors (Lipinski definition) is 1. The molecule has 0 spiro atoms. The van der Waals surface area contributed by atoms with Crippen molar-refractivity contribution in [2.75, 3.05) is 13.1 Å². The lowest BCUT2D eigenvalue weighted by Gasteiger charge is -2.36. The van der Waals surface area contributed by atoms with Crippen molar-refractivity contribution >= 4 is 17.2 Å². The lowest BCUT2D eigenvalue weighted by Crippen LogP contribution is -2.41. The van der Waals surface area contributed by atoms with Crippen molar-refractivity contribution < 1.29 is 0 Å². The Morgan fingerprint density at radius 3 is 2.73 bits per heavy atom. The van der Waals surface area contributed by atoms with Crippen LogP contribution in [0.1, 0.15) is 45.4 Å². The Morgan fingerprint density at radius 2 is 2.20 bits per heavy atom. The standard InChI is InChI=1S/C12H22N2S/c1-10-4-2-3-7-14(10)9-12(5-6-12)8-11(13)15/h10H,2-9H2,1H3,(H2,13,15). The number of thiocarbonyl (C=S) groups is 1. The minimum Gasteiger partial charge on any atom is -0.393 e. The van der Waals surface area contributed by atoms with Crippen LogP contribution in [0.2, 0.25) is 0 Å². The largest absolute Gasteiger partial charge is 0.393 e. The second-order valence-electron chi connectivity index (χ2n) is 5.46. The Kier molecular flexibility index (Phi) is 3.31. The number of piperidine rings is 1. The van der Waals surface area contributed by atoms with E-state index in [0.29, 0.717) is 10.4 Å². The van der Waals surface area contributed by atoms with Crippen molar-refractivity contribution in [1.82, 2.24) is 4.90 Å². The molecule has 15 heavy (non-hydrogen) atoms. The van der Waals surface area contributed by atoms with Crippen LogP contribution in [0.4, 0.5) is 0 Å². The molecule has 1 aliphatic heterocycles. The SMILES string of the molecule is CC1CCCCN1CC1(CC(N)=S)CC1. The number of rotatable bonds is 4. The maximum absolute atomic E-state index is 5.67. The van der Waals surface area contributed by atoms with Crippen molar-refractivity contribution in [1.29, 1.82) is 0 Å². The van der Waals surface area contributed by atoms with Crippen LogP contribution in [0.25, 0.3) is 0 Å². The Balaban J connectivity index is 1.87. The summed E-state index contributed by atoms with van der Waals surface area (Å²) in [7, 11) is 0. The summed E-state index contributed by atoms with van der Waals surface area (Å²) in [5, 5.41) is 0. The van der Waals surface area contributed by atoms with Gasteiger partial charge in [-0.25, -0.2) is 0 Å². The number of hydrogen-bond acceptors (Lipinski definition) is 2. The van der Waals surface area contributed by atoms with Gasteiger partial charge in [0.2, 0.25) is 0 Å². The molecule has 1 saturated carbocycles. The van der Waals surface area contributed by atoms with Crippen LogP contribution in [0.3, 0.4) is 0 Å². The van der Waals surface area contributed by atoms with E-state index in [-0.39, 0.29) is 0 Å². The Bertz CT molecular complexity index is 248. The molecule has 0 aromatic rings. The van der Waals surface area contributed by atoms with E-state index in [4.69, 9.17) is 18.0 Å². The van der Waals surface area contributed by atoms with Gasteiger partial charge < -0.3 is 10.6 Å². The first-order valence-corrected chi connectivity index (χ1v) is 6.55. The predicted octanol–water partition coefficient (Wildman–Crippen LogP) is 2.32. The van der Waals surface area contributed by atoms with Gasteiger partial charge in [0.05, 0.1) is 4.99 Å². The molecular formula is C12H22N2S. The number of nitrogens with two attached hydrogens (primary N) is 1. The molecule has 86 valence electrons. The van der Waals surface area contributed by atoms with E-state index in [1.165, 1.54) is 45.2 Å². The number of likely N-dealkylation sites (tertiary alicyclic amines) is 1. The smallest absolute Gasteiger partial charge is 0.0733 e. The highest BCUT2D eigenvalue weighted by atomic mass is 32.1. The highest BCUT2D eigenvalue weighted by molar-refractivity contribution is 7.80. The summed E-state index contributed by atoms with van der Waals surface area (Å²) >= 11 is 5.04. The van der Waals surface area contributed by atoms with Crippen LogP contribution in [0.15, 0.2) is 0 Å². The zero-order chi connectivity index (χ0) is 10.9. The average Bonchev–Trinajstić information content (AvgIpc) is 2.88. The highest BCUT2D eigenvalue weighted by Gasteiger charge is 2.44. The molecule has 1 aliphatic carbocycles. The van der Waals surface area contributed by atoms with Gasteiger partial charge >= 0.3 is 0 Å². The van der Waals surface area contributed by atoms with Gasteiger partial charge in [-0.1, -0.05) is 18.6 Å². The van der Waals surface area contributed by atoms with E-state index in [9.17, 15) is 0 Å². The summed E-state index contributed by atoms with van der Waals surface area (Å²) in [5.74, 6) is 0. The zero-order valence-electron chi connectivity index (χ0n) is 9.67. The van der Waals surface area contributed by atoms with Crippen LogP contribution in [0.5, 0.6) is 0 Å². The van der Waals surface area contributed by atoms with Crippen LogP contribution >= 0.6 is 12.2 Å².